The molecule has 2 aromatic heterocycles. The molecule has 1 atom stereocenters. The Morgan fingerprint density at radius 1 is 1.42 bits per heavy atom. The normalized spacial score (nSPS) is 22.6. The molecule has 7 heteroatoms. The molecule has 7 nitrogen and oxygen atoms in total. The van der Waals surface area contributed by atoms with Crippen LogP contribution in [0.1, 0.15) is 19.2 Å². The molecular formula is C12H15N5O2. The molecule has 0 amide bonds. The summed E-state index contributed by atoms with van der Waals surface area (Å²) in [5, 5.41) is 7.30. The fraction of sp³-hybridized carbons (Fsp3) is 0.500. The van der Waals surface area contributed by atoms with Gasteiger partial charge in [0.15, 0.2) is 0 Å². The summed E-state index contributed by atoms with van der Waals surface area (Å²) in [6.45, 7) is 3.93. The summed E-state index contributed by atoms with van der Waals surface area (Å²) in [5.74, 6) is 1.58. The Labute approximate surface area is 110 Å². The summed E-state index contributed by atoms with van der Waals surface area (Å²) in [6, 6.07) is 1.68. The lowest BCUT2D eigenvalue weighted by atomic mass is 9.90. The quantitative estimate of drug-likeness (QED) is 0.873. The predicted molar refractivity (Wildman–Crippen MR) is 66.7 cm³/mol. The van der Waals surface area contributed by atoms with Gasteiger partial charge in [-0.3, -0.25) is 0 Å². The smallest absolute Gasteiger partial charge is 0.234 e. The van der Waals surface area contributed by atoms with Crippen LogP contribution in [-0.2, 0) is 5.41 Å². The topological polar surface area (TPSA) is 86.0 Å². The van der Waals surface area contributed by atoms with Crippen molar-refractivity contribution in [2.24, 2.45) is 0 Å². The van der Waals surface area contributed by atoms with E-state index in [2.05, 4.69) is 32.3 Å². The maximum absolute atomic E-state index is 5.38. The Hall–Kier alpha value is -2.02. The minimum Gasteiger partial charge on any atom is -0.481 e. The molecule has 0 bridgehead atoms. The number of nitrogens with one attached hydrogen (secondary N) is 1. The second-order valence-corrected chi connectivity index (χ2v) is 4.86. The van der Waals surface area contributed by atoms with Gasteiger partial charge in [-0.2, -0.15) is 4.98 Å². The van der Waals surface area contributed by atoms with Crippen LogP contribution in [0.2, 0.25) is 0 Å². The number of hydrogen-bond donors (Lipinski definition) is 1. The average molecular weight is 261 g/mol. The number of hydrogen-bond acceptors (Lipinski definition) is 7. The van der Waals surface area contributed by atoms with Crippen molar-refractivity contribution >= 4 is 0 Å². The largest absolute Gasteiger partial charge is 0.481 e. The van der Waals surface area contributed by atoms with E-state index in [1.807, 2.05) is 0 Å². The Morgan fingerprint density at radius 2 is 2.32 bits per heavy atom. The second-order valence-electron chi connectivity index (χ2n) is 4.86. The van der Waals surface area contributed by atoms with Crippen LogP contribution < -0.4 is 10.1 Å². The molecule has 1 fully saturated rings. The molecule has 3 heterocycles. The van der Waals surface area contributed by atoms with Gasteiger partial charge in [0, 0.05) is 12.6 Å². The molecule has 1 aliphatic heterocycles. The minimum absolute atomic E-state index is 0.0949. The lowest BCUT2D eigenvalue weighted by molar-refractivity contribution is 0.306. The zero-order valence-electron chi connectivity index (χ0n) is 10.9. The van der Waals surface area contributed by atoms with Crippen molar-refractivity contribution in [3.63, 3.8) is 0 Å². The summed E-state index contributed by atoms with van der Waals surface area (Å²) >= 11 is 0. The van der Waals surface area contributed by atoms with Crippen LogP contribution in [0.4, 0.5) is 0 Å². The molecule has 0 radical (unpaired) electrons. The number of methoxy groups -OCH3 is 1. The van der Waals surface area contributed by atoms with Gasteiger partial charge < -0.3 is 14.6 Å². The van der Waals surface area contributed by atoms with E-state index in [4.69, 9.17) is 9.26 Å². The first-order valence-electron chi connectivity index (χ1n) is 6.13. The highest BCUT2D eigenvalue weighted by Crippen LogP contribution is 2.30. The zero-order valence-corrected chi connectivity index (χ0v) is 10.9. The SMILES string of the molecule is COc1cc(-c2noc(C3(C)CCNC3)n2)ncn1. The number of rotatable bonds is 3. The molecule has 1 unspecified atom stereocenters. The first-order chi connectivity index (χ1) is 9.21. The third-order valence-corrected chi connectivity index (χ3v) is 3.39. The van der Waals surface area contributed by atoms with Crippen molar-refractivity contribution in [3.8, 4) is 17.4 Å². The Morgan fingerprint density at radius 3 is 3.05 bits per heavy atom. The van der Waals surface area contributed by atoms with Crippen LogP contribution in [0.15, 0.2) is 16.9 Å². The van der Waals surface area contributed by atoms with Crippen molar-refractivity contribution in [1.82, 2.24) is 25.4 Å². The summed E-state index contributed by atoms with van der Waals surface area (Å²) in [7, 11) is 1.55. The van der Waals surface area contributed by atoms with Crippen molar-refractivity contribution in [2.45, 2.75) is 18.8 Å². The van der Waals surface area contributed by atoms with E-state index in [0.717, 1.165) is 19.5 Å². The summed E-state index contributed by atoms with van der Waals surface area (Å²) in [6.07, 6.45) is 2.41. The molecule has 0 aliphatic carbocycles. The van der Waals surface area contributed by atoms with Crippen molar-refractivity contribution in [2.75, 3.05) is 20.2 Å². The van der Waals surface area contributed by atoms with Crippen LogP contribution >= 0.6 is 0 Å². The van der Waals surface area contributed by atoms with Gasteiger partial charge in [0.25, 0.3) is 0 Å². The molecule has 19 heavy (non-hydrogen) atoms. The monoisotopic (exact) mass is 261 g/mol. The van der Waals surface area contributed by atoms with Gasteiger partial charge in [-0.15, -0.1) is 0 Å². The van der Waals surface area contributed by atoms with E-state index in [-0.39, 0.29) is 5.41 Å². The predicted octanol–water partition coefficient (Wildman–Crippen LogP) is 0.786. The van der Waals surface area contributed by atoms with Gasteiger partial charge in [0.05, 0.1) is 12.5 Å². The van der Waals surface area contributed by atoms with Gasteiger partial charge in [0.1, 0.15) is 12.0 Å². The minimum atomic E-state index is -0.0949. The lowest BCUT2D eigenvalue weighted by Crippen LogP contribution is -2.25. The summed E-state index contributed by atoms with van der Waals surface area (Å²) in [5.41, 5.74) is 0.499. The van der Waals surface area contributed by atoms with Crippen molar-refractivity contribution in [1.29, 1.82) is 0 Å². The van der Waals surface area contributed by atoms with E-state index in [0.29, 0.717) is 23.3 Å². The Bertz CT molecular complexity index is 577. The average Bonchev–Trinajstić information content (AvgIpc) is 3.08. The molecule has 1 aliphatic rings. The third-order valence-electron chi connectivity index (χ3n) is 3.39. The maximum Gasteiger partial charge on any atom is 0.234 e. The number of aromatic nitrogens is 4. The molecule has 1 N–H and O–H groups in total. The Balaban J connectivity index is 1.92. The van der Waals surface area contributed by atoms with Crippen LogP contribution in [0.5, 0.6) is 5.88 Å². The molecule has 0 spiro atoms. The van der Waals surface area contributed by atoms with Crippen LogP contribution in [0, 0.1) is 0 Å². The fourth-order valence-corrected chi connectivity index (χ4v) is 2.15. The molecule has 100 valence electrons. The van der Waals surface area contributed by atoms with Gasteiger partial charge in [0.2, 0.25) is 17.6 Å². The highest BCUT2D eigenvalue weighted by molar-refractivity contribution is 5.49. The van der Waals surface area contributed by atoms with Crippen LogP contribution in [0.25, 0.3) is 11.5 Å². The van der Waals surface area contributed by atoms with Gasteiger partial charge in [-0.1, -0.05) is 5.16 Å². The van der Waals surface area contributed by atoms with E-state index >= 15 is 0 Å². The molecule has 3 rings (SSSR count). The van der Waals surface area contributed by atoms with Gasteiger partial charge in [-0.05, 0) is 19.9 Å². The van der Waals surface area contributed by atoms with E-state index in [1.54, 1.807) is 13.2 Å². The Kier molecular flexibility index (Phi) is 2.90. The summed E-state index contributed by atoms with van der Waals surface area (Å²) < 4.78 is 10.4. The highest BCUT2D eigenvalue weighted by atomic mass is 16.5. The summed E-state index contributed by atoms with van der Waals surface area (Å²) in [4.78, 5) is 12.5. The molecule has 0 aromatic carbocycles. The fourth-order valence-electron chi connectivity index (χ4n) is 2.15. The first kappa shape index (κ1) is 12.0. The van der Waals surface area contributed by atoms with E-state index in [9.17, 15) is 0 Å². The van der Waals surface area contributed by atoms with Crippen molar-refractivity contribution in [3.05, 3.63) is 18.3 Å². The van der Waals surface area contributed by atoms with Crippen LogP contribution in [0.3, 0.4) is 0 Å². The molecular weight excluding hydrogens is 246 g/mol. The van der Waals surface area contributed by atoms with E-state index < -0.39 is 0 Å². The second kappa shape index (κ2) is 4.58. The van der Waals surface area contributed by atoms with E-state index in [1.165, 1.54) is 6.33 Å². The van der Waals surface area contributed by atoms with Crippen LogP contribution in [-0.4, -0.2) is 40.3 Å². The standard InChI is InChI=1S/C12H15N5O2/c1-12(3-4-13-6-12)11-16-10(17-19-11)8-5-9(18-2)15-7-14-8/h5,7,13H,3-4,6H2,1-2H3. The third kappa shape index (κ3) is 2.17. The van der Waals surface area contributed by atoms with Gasteiger partial charge in [-0.25, -0.2) is 9.97 Å². The molecule has 0 saturated carbocycles. The van der Waals surface area contributed by atoms with Crippen molar-refractivity contribution < 1.29 is 9.26 Å². The first-order valence-corrected chi connectivity index (χ1v) is 6.13. The highest BCUT2D eigenvalue weighted by Gasteiger charge is 2.36. The maximum atomic E-state index is 5.38. The number of ether oxygens (including phenoxy) is 1. The molecule has 1 saturated heterocycles. The zero-order chi connectivity index (χ0) is 13.3. The van der Waals surface area contributed by atoms with Gasteiger partial charge >= 0.3 is 0 Å². The lowest BCUT2D eigenvalue weighted by Gasteiger charge is -2.15. The molecule has 2 aromatic rings. The number of nitrogens with zero attached hydrogens (tertiary/aromatic N) is 4.